The number of aromatic nitrogens is 2. The molecule has 3 aromatic rings. The van der Waals surface area contributed by atoms with Crippen LogP contribution in [0.15, 0.2) is 59.5 Å². The number of imidazole rings is 1. The highest BCUT2D eigenvalue weighted by Gasteiger charge is 2.40. The van der Waals surface area contributed by atoms with E-state index in [1.165, 1.54) is 11.1 Å². The van der Waals surface area contributed by atoms with Gasteiger partial charge in [-0.3, -0.25) is 9.36 Å². The van der Waals surface area contributed by atoms with Crippen LogP contribution in [0.5, 0.6) is 0 Å². The van der Waals surface area contributed by atoms with Crippen molar-refractivity contribution in [3.63, 3.8) is 0 Å². The minimum Gasteiger partial charge on any atom is -0.349 e. The van der Waals surface area contributed by atoms with Crippen LogP contribution in [0.4, 0.5) is 0 Å². The molecule has 0 radical (unpaired) electrons. The number of hydrogen-bond acceptors (Lipinski definition) is 2. The molecule has 0 spiro atoms. The molecule has 1 saturated carbocycles. The molecular formula is C21H21N3O2. The lowest BCUT2D eigenvalue weighted by molar-refractivity contribution is 0.0950. The summed E-state index contributed by atoms with van der Waals surface area (Å²) < 4.78 is 1.56. The van der Waals surface area contributed by atoms with Crippen LogP contribution in [0.2, 0.25) is 0 Å². The Morgan fingerprint density at radius 1 is 1.15 bits per heavy atom. The van der Waals surface area contributed by atoms with Gasteiger partial charge in [0, 0.05) is 29.4 Å². The summed E-state index contributed by atoms with van der Waals surface area (Å²) >= 11 is 0. The second-order valence-electron chi connectivity index (χ2n) is 6.90. The molecule has 5 heteroatoms. The fourth-order valence-corrected chi connectivity index (χ4v) is 3.52. The number of carbonyl (C=O) groups excluding carboxylic acids is 1. The van der Waals surface area contributed by atoms with Crippen LogP contribution < -0.4 is 11.0 Å². The molecule has 1 heterocycles. The lowest BCUT2D eigenvalue weighted by Crippen LogP contribution is -2.27. The van der Waals surface area contributed by atoms with Gasteiger partial charge >= 0.3 is 5.69 Å². The minimum atomic E-state index is -0.207. The zero-order valence-corrected chi connectivity index (χ0v) is 14.8. The number of carbonyl (C=O) groups is 1. The molecule has 26 heavy (non-hydrogen) atoms. The number of amides is 1. The first-order valence-corrected chi connectivity index (χ1v) is 8.78. The molecule has 1 amide bonds. The first kappa shape index (κ1) is 16.4. The van der Waals surface area contributed by atoms with Crippen LogP contribution in [0.1, 0.15) is 39.5 Å². The zero-order chi connectivity index (χ0) is 18.3. The lowest BCUT2D eigenvalue weighted by Gasteiger charge is -2.09. The maximum absolute atomic E-state index is 12.6. The summed E-state index contributed by atoms with van der Waals surface area (Å²) in [5.74, 6) is 0.284. The molecule has 4 rings (SSSR count). The van der Waals surface area contributed by atoms with Gasteiger partial charge in [0.05, 0.1) is 5.69 Å². The molecule has 0 unspecified atom stereocenters. The van der Waals surface area contributed by atoms with E-state index in [0.29, 0.717) is 17.2 Å². The van der Waals surface area contributed by atoms with Gasteiger partial charge in [-0.1, -0.05) is 30.3 Å². The Kier molecular flexibility index (Phi) is 3.99. The van der Waals surface area contributed by atoms with E-state index in [2.05, 4.69) is 29.4 Å². The average molecular weight is 347 g/mol. The van der Waals surface area contributed by atoms with E-state index >= 15 is 0 Å². The molecule has 0 bridgehead atoms. The molecule has 2 aromatic carbocycles. The van der Waals surface area contributed by atoms with E-state index in [-0.39, 0.29) is 17.6 Å². The highest BCUT2D eigenvalue weighted by molar-refractivity contribution is 5.95. The normalized spacial score (nSPS) is 18.5. The monoisotopic (exact) mass is 347 g/mol. The van der Waals surface area contributed by atoms with Gasteiger partial charge in [-0.15, -0.1) is 0 Å². The summed E-state index contributed by atoms with van der Waals surface area (Å²) in [6, 6.07) is 15.6. The summed E-state index contributed by atoms with van der Waals surface area (Å²) in [6.07, 6.45) is 2.62. The fraction of sp³-hybridized carbons (Fsp3) is 0.238. The van der Waals surface area contributed by atoms with Crippen LogP contribution in [-0.4, -0.2) is 21.5 Å². The number of benzene rings is 2. The van der Waals surface area contributed by atoms with Crippen molar-refractivity contribution in [2.24, 2.45) is 0 Å². The molecule has 0 aliphatic heterocycles. The quantitative estimate of drug-likeness (QED) is 0.762. The lowest BCUT2D eigenvalue weighted by atomic mass is 10.0. The third kappa shape index (κ3) is 2.96. The Bertz CT molecular complexity index is 1030. The number of aromatic amines is 1. The molecule has 1 aliphatic carbocycles. The van der Waals surface area contributed by atoms with Gasteiger partial charge < -0.3 is 10.3 Å². The Hall–Kier alpha value is -3.08. The second-order valence-corrected chi connectivity index (χ2v) is 6.90. The largest absolute Gasteiger partial charge is 0.349 e. The summed E-state index contributed by atoms with van der Waals surface area (Å²) in [7, 11) is 0. The van der Waals surface area contributed by atoms with Crippen molar-refractivity contribution in [1.82, 2.24) is 14.9 Å². The molecule has 2 N–H and O–H groups in total. The Balaban J connectivity index is 1.51. The molecular weight excluding hydrogens is 326 g/mol. The van der Waals surface area contributed by atoms with Gasteiger partial charge in [-0.2, -0.15) is 0 Å². The van der Waals surface area contributed by atoms with Gasteiger partial charge in [-0.25, -0.2) is 4.79 Å². The SMILES string of the molecule is Cc1ccccc1[C@H]1C[C@@H]1NC(=O)c1cccc(-n2c(C)c[nH]c2=O)c1. The van der Waals surface area contributed by atoms with Crippen LogP contribution in [0.25, 0.3) is 5.69 Å². The first-order valence-electron chi connectivity index (χ1n) is 8.78. The molecule has 1 aliphatic rings. The highest BCUT2D eigenvalue weighted by atomic mass is 16.2. The van der Waals surface area contributed by atoms with Crippen LogP contribution in [0, 0.1) is 13.8 Å². The van der Waals surface area contributed by atoms with Gasteiger partial charge in [0.25, 0.3) is 5.91 Å². The summed E-state index contributed by atoms with van der Waals surface area (Å²) in [5, 5.41) is 3.11. The topological polar surface area (TPSA) is 66.9 Å². The van der Waals surface area contributed by atoms with Gasteiger partial charge in [0.2, 0.25) is 0 Å². The van der Waals surface area contributed by atoms with Crippen LogP contribution in [0.3, 0.4) is 0 Å². The molecule has 132 valence electrons. The van der Waals surface area contributed by atoms with Gasteiger partial charge in [0.1, 0.15) is 0 Å². The van der Waals surface area contributed by atoms with Crippen LogP contribution >= 0.6 is 0 Å². The van der Waals surface area contributed by atoms with E-state index in [4.69, 9.17) is 0 Å². The minimum absolute atomic E-state index is 0.103. The highest BCUT2D eigenvalue weighted by Crippen LogP contribution is 2.42. The van der Waals surface area contributed by atoms with Crippen molar-refractivity contribution in [2.45, 2.75) is 32.2 Å². The third-order valence-electron chi connectivity index (χ3n) is 5.02. The van der Waals surface area contributed by atoms with E-state index in [1.807, 2.05) is 25.1 Å². The van der Waals surface area contributed by atoms with Crippen LogP contribution in [-0.2, 0) is 0 Å². The van der Waals surface area contributed by atoms with Crippen molar-refractivity contribution < 1.29 is 4.79 Å². The standard InChI is InChI=1S/C21H21N3O2/c1-13-6-3-4-9-17(13)18-11-19(18)23-20(25)15-7-5-8-16(10-15)24-14(2)12-22-21(24)26/h3-10,12,18-19H,11H2,1-2H3,(H,22,26)(H,23,25)/t18-,19+/m1/s1. The Morgan fingerprint density at radius 3 is 2.69 bits per heavy atom. The summed E-state index contributed by atoms with van der Waals surface area (Å²) in [4.78, 5) is 27.3. The van der Waals surface area contributed by atoms with Gasteiger partial charge in [0.15, 0.2) is 0 Å². The predicted molar refractivity (Wildman–Crippen MR) is 101 cm³/mol. The van der Waals surface area contributed by atoms with Crippen molar-refractivity contribution in [2.75, 3.05) is 0 Å². The number of H-pyrrole nitrogens is 1. The molecule has 0 saturated heterocycles. The molecule has 1 aromatic heterocycles. The first-order chi connectivity index (χ1) is 12.5. The van der Waals surface area contributed by atoms with E-state index in [1.54, 1.807) is 29.0 Å². The van der Waals surface area contributed by atoms with Crippen molar-refractivity contribution in [3.8, 4) is 5.69 Å². The molecule has 1 fully saturated rings. The number of rotatable bonds is 4. The predicted octanol–water partition coefficient (Wildman–Crippen LogP) is 3.07. The van der Waals surface area contributed by atoms with E-state index < -0.39 is 0 Å². The smallest absolute Gasteiger partial charge is 0.330 e. The molecule has 2 atom stereocenters. The van der Waals surface area contributed by atoms with Crippen molar-refractivity contribution in [1.29, 1.82) is 0 Å². The number of aryl methyl sites for hydroxylation is 2. The van der Waals surface area contributed by atoms with E-state index in [9.17, 15) is 9.59 Å². The maximum atomic E-state index is 12.6. The number of nitrogens with one attached hydrogen (secondary N) is 2. The Labute approximate surface area is 151 Å². The number of nitrogens with zero attached hydrogens (tertiary/aromatic N) is 1. The molecule has 5 nitrogen and oxygen atoms in total. The summed E-state index contributed by atoms with van der Waals surface area (Å²) in [6.45, 7) is 3.95. The van der Waals surface area contributed by atoms with Crippen molar-refractivity contribution in [3.05, 3.63) is 87.6 Å². The Morgan fingerprint density at radius 2 is 1.96 bits per heavy atom. The van der Waals surface area contributed by atoms with Gasteiger partial charge in [-0.05, 0) is 49.6 Å². The maximum Gasteiger partial charge on any atom is 0.330 e. The van der Waals surface area contributed by atoms with Crippen molar-refractivity contribution >= 4 is 5.91 Å². The fourth-order valence-electron chi connectivity index (χ4n) is 3.52. The zero-order valence-electron chi connectivity index (χ0n) is 14.8. The van der Waals surface area contributed by atoms with E-state index in [0.717, 1.165) is 12.1 Å². The third-order valence-corrected chi connectivity index (χ3v) is 5.02. The number of hydrogen-bond donors (Lipinski definition) is 2. The second kappa shape index (κ2) is 6.33. The summed E-state index contributed by atoms with van der Waals surface area (Å²) in [5.41, 5.74) is 4.41. The average Bonchev–Trinajstić information content (AvgIpc) is 3.31.